The number of rotatable bonds is 5. The standard InChI is InChI=1S/C22H19IN2O3/c1-14-6-8-15(9-7-14)21(26)25-20-11-10-16(23)12-19(20)22(27)24-17-4-3-5-18(13-17)28-2/h3-13H,1-2H3,(H,24,27)(H,25,26). The SMILES string of the molecule is COc1cccc(NC(=O)c2cc(I)ccc2NC(=O)c2ccc(C)cc2)c1. The molecule has 0 aliphatic carbocycles. The van der Waals surface area contributed by atoms with Crippen molar-refractivity contribution < 1.29 is 14.3 Å². The lowest BCUT2D eigenvalue weighted by Crippen LogP contribution is -2.18. The number of halogens is 1. The normalized spacial score (nSPS) is 10.2. The zero-order valence-corrected chi connectivity index (χ0v) is 17.6. The van der Waals surface area contributed by atoms with E-state index in [1.807, 2.05) is 25.1 Å². The van der Waals surface area contributed by atoms with Gasteiger partial charge in [-0.1, -0.05) is 23.8 Å². The second kappa shape index (κ2) is 8.88. The first-order valence-electron chi connectivity index (χ1n) is 8.59. The first-order valence-corrected chi connectivity index (χ1v) is 9.67. The van der Waals surface area contributed by atoms with Crippen molar-refractivity contribution in [3.8, 4) is 5.75 Å². The van der Waals surface area contributed by atoms with Gasteiger partial charge in [0.2, 0.25) is 0 Å². The summed E-state index contributed by atoms with van der Waals surface area (Å²) in [6, 6.07) is 19.7. The van der Waals surface area contributed by atoms with Crippen molar-refractivity contribution in [2.45, 2.75) is 6.92 Å². The van der Waals surface area contributed by atoms with Gasteiger partial charge in [0.05, 0.1) is 18.4 Å². The Morgan fingerprint density at radius 2 is 1.64 bits per heavy atom. The molecule has 3 rings (SSSR count). The molecule has 0 aromatic heterocycles. The Bertz CT molecular complexity index is 1020. The Morgan fingerprint density at radius 3 is 2.36 bits per heavy atom. The second-order valence-electron chi connectivity index (χ2n) is 6.20. The fourth-order valence-electron chi connectivity index (χ4n) is 2.61. The van der Waals surface area contributed by atoms with Gasteiger partial charge in [0.25, 0.3) is 11.8 Å². The molecule has 6 heteroatoms. The highest BCUT2D eigenvalue weighted by molar-refractivity contribution is 14.1. The van der Waals surface area contributed by atoms with Gasteiger partial charge < -0.3 is 15.4 Å². The molecule has 0 atom stereocenters. The Morgan fingerprint density at radius 1 is 0.893 bits per heavy atom. The van der Waals surface area contributed by atoms with E-state index in [0.29, 0.717) is 28.3 Å². The summed E-state index contributed by atoms with van der Waals surface area (Å²) >= 11 is 2.13. The van der Waals surface area contributed by atoms with E-state index in [0.717, 1.165) is 9.13 Å². The van der Waals surface area contributed by atoms with E-state index in [1.54, 1.807) is 55.6 Å². The highest BCUT2D eigenvalue weighted by atomic mass is 127. The van der Waals surface area contributed by atoms with E-state index in [4.69, 9.17) is 4.74 Å². The van der Waals surface area contributed by atoms with E-state index in [2.05, 4.69) is 33.2 Å². The molecule has 142 valence electrons. The summed E-state index contributed by atoms with van der Waals surface area (Å²) in [5, 5.41) is 5.68. The van der Waals surface area contributed by atoms with Gasteiger partial charge >= 0.3 is 0 Å². The quantitative estimate of drug-likeness (QED) is 0.493. The molecule has 0 heterocycles. The molecule has 0 spiro atoms. The topological polar surface area (TPSA) is 67.4 Å². The van der Waals surface area contributed by atoms with E-state index in [-0.39, 0.29) is 11.8 Å². The van der Waals surface area contributed by atoms with Crippen molar-refractivity contribution in [2.24, 2.45) is 0 Å². The van der Waals surface area contributed by atoms with Crippen molar-refractivity contribution in [1.82, 2.24) is 0 Å². The fraction of sp³-hybridized carbons (Fsp3) is 0.0909. The van der Waals surface area contributed by atoms with Crippen LogP contribution in [0.4, 0.5) is 11.4 Å². The van der Waals surface area contributed by atoms with Crippen LogP contribution in [-0.2, 0) is 0 Å². The number of carbonyl (C=O) groups is 2. The number of amides is 2. The summed E-state index contributed by atoms with van der Waals surface area (Å²) in [6.07, 6.45) is 0. The molecule has 0 saturated heterocycles. The number of carbonyl (C=O) groups excluding carboxylic acids is 2. The molecule has 5 nitrogen and oxygen atoms in total. The predicted octanol–water partition coefficient (Wildman–Crippen LogP) is 5.11. The molecule has 3 aromatic carbocycles. The van der Waals surface area contributed by atoms with Crippen LogP contribution in [0.5, 0.6) is 5.75 Å². The monoisotopic (exact) mass is 486 g/mol. The Kier molecular flexibility index (Phi) is 6.30. The van der Waals surface area contributed by atoms with Crippen LogP contribution in [0.2, 0.25) is 0 Å². The number of hydrogen-bond donors (Lipinski definition) is 2. The van der Waals surface area contributed by atoms with Crippen molar-refractivity contribution in [3.05, 3.63) is 87.0 Å². The molecule has 0 aliphatic rings. The summed E-state index contributed by atoms with van der Waals surface area (Å²) in [7, 11) is 1.57. The third-order valence-electron chi connectivity index (χ3n) is 4.12. The fourth-order valence-corrected chi connectivity index (χ4v) is 3.10. The zero-order valence-electron chi connectivity index (χ0n) is 15.5. The van der Waals surface area contributed by atoms with Crippen LogP contribution in [0.1, 0.15) is 26.3 Å². The number of hydrogen-bond acceptors (Lipinski definition) is 3. The smallest absolute Gasteiger partial charge is 0.257 e. The van der Waals surface area contributed by atoms with Gasteiger partial charge in [0, 0.05) is 20.9 Å². The number of anilines is 2. The minimum Gasteiger partial charge on any atom is -0.497 e. The number of aryl methyl sites for hydroxylation is 1. The molecule has 0 fully saturated rings. The first kappa shape index (κ1) is 19.9. The molecule has 0 unspecified atom stereocenters. The zero-order chi connectivity index (χ0) is 20.1. The minimum absolute atomic E-state index is 0.267. The minimum atomic E-state index is -0.314. The highest BCUT2D eigenvalue weighted by Crippen LogP contribution is 2.23. The van der Waals surface area contributed by atoms with Gasteiger partial charge in [-0.3, -0.25) is 9.59 Å². The lowest BCUT2D eigenvalue weighted by molar-refractivity contribution is 0.102. The van der Waals surface area contributed by atoms with Gasteiger partial charge in [-0.15, -0.1) is 0 Å². The van der Waals surface area contributed by atoms with Crippen LogP contribution in [0.25, 0.3) is 0 Å². The molecule has 0 aliphatic heterocycles. The maximum Gasteiger partial charge on any atom is 0.257 e. The molecular weight excluding hydrogens is 467 g/mol. The lowest BCUT2D eigenvalue weighted by atomic mass is 10.1. The maximum atomic E-state index is 12.8. The van der Waals surface area contributed by atoms with Gasteiger partial charge in [-0.2, -0.15) is 0 Å². The summed E-state index contributed by atoms with van der Waals surface area (Å²) in [4.78, 5) is 25.4. The largest absolute Gasteiger partial charge is 0.497 e. The Hall–Kier alpha value is -2.87. The summed E-state index contributed by atoms with van der Waals surface area (Å²) in [5.41, 5.74) is 3.05. The molecule has 3 aromatic rings. The van der Waals surface area contributed by atoms with Gasteiger partial charge in [0.15, 0.2) is 0 Å². The second-order valence-corrected chi connectivity index (χ2v) is 7.44. The maximum absolute atomic E-state index is 12.8. The van der Waals surface area contributed by atoms with Crippen molar-refractivity contribution in [3.63, 3.8) is 0 Å². The van der Waals surface area contributed by atoms with E-state index >= 15 is 0 Å². The Balaban J connectivity index is 1.84. The number of benzene rings is 3. The summed E-state index contributed by atoms with van der Waals surface area (Å²) in [6.45, 7) is 1.96. The van der Waals surface area contributed by atoms with Crippen LogP contribution in [0.15, 0.2) is 66.7 Å². The van der Waals surface area contributed by atoms with Crippen molar-refractivity contribution in [1.29, 1.82) is 0 Å². The van der Waals surface area contributed by atoms with Gasteiger partial charge in [-0.05, 0) is 72.0 Å². The average Bonchev–Trinajstić information content (AvgIpc) is 2.69. The van der Waals surface area contributed by atoms with Gasteiger partial charge in [0.1, 0.15) is 5.75 Å². The molecule has 0 saturated carbocycles. The lowest BCUT2D eigenvalue weighted by Gasteiger charge is -2.13. The third kappa shape index (κ3) is 4.89. The number of ether oxygens (including phenoxy) is 1. The molecular formula is C22H19IN2O3. The predicted molar refractivity (Wildman–Crippen MR) is 119 cm³/mol. The highest BCUT2D eigenvalue weighted by Gasteiger charge is 2.15. The first-order chi connectivity index (χ1) is 13.5. The van der Waals surface area contributed by atoms with Crippen LogP contribution >= 0.6 is 22.6 Å². The number of methoxy groups -OCH3 is 1. The molecule has 2 amide bonds. The molecule has 2 N–H and O–H groups in total. The summed E-state index contributed by atoms with van der Waals surface area (Å²) in [5.74, 6) is 0.0657. The number of nitrogens with one attached hydrogen (secondary N) is 2. The van der Waals surface area contributed by atoms with Crippen LogP contribution < -0.4 is 15.4 Å². The van der Waals surface area contributed by atoms with Crippen molar-refractivity contribution in [2.75, 3.05) is 17.7 Å². The average molecular weight is 486 g/mol. The molecule has 0 radical (unpaired) electrons. The van der Waals surface area contributed by atoms with Crippen molar-refractivity contribution >= 4 is 45.8 Å². The summed E-state index contributed by atoms with van der Waals surface area (Å²) < 4.78 is 6.08. The van der Waals surface area contributed by atoms with Crippen LogP contribution in [-0.4, -0.2) is 18.9 Å². The van der Waals surface area contributed by atoms with Crippen LogP contribution in [0, 0.1) is 10.5 Å². The van der Waals surface area contributed by atoms with Crippen LogP contribution in [0.3, 0.4) is 0 Å². The van der Waals surface area contributed by atoms with E-state index in [1.165, 1.54) is 0 Å². The van der Waals surface area contributed by atoms with E-state index in [9.17, 15) is 9.59 Å². The molecule has 28 heavy (non-hydrogen) atoms. The van der Waals surface area contributed by atoms with E-state index < -0.39 is 0 Å². The van der Waals surface area contributed by atoms with Gasteiger partial charge in [-0.25, -0.2) is 0 Å². The third-order valence-corrected chi connectivity index (χ3v) is 4.79. The Labute approximate surface area is 177 Å². The molecule has 0 bridgehead atoms.